The van der Waals surface area contributed by atoms with Crippen molar-refractivity contribution >= 4 is 27.3 Å². The van der Waals surface area contributed by atoms with Gasteiger partial charge in [-0.15, -0.1) is 11.3 Å². The molecule has 19 heavy (non-hydrogen) atoms. The number of rotatable bonds is 5. The standard InChI is InChI=1S/C15H17BrFNS/c1-3-9-18-15(12-7-8-13(16)19-12)11-6-4-5-10(2)14(11)17/h4-8,15,18H,3,9H2,1-2H3. The van der Waals surface area contributed by atoms with Crippen molar-refractivity contribution in [3.8, 4) is 0 Å². The van der Waals surface area contributed by atoms with Gasteiger partial charge in [0.05, 0.1) is 9.83 Å². The van der Waals surface area contributed by atoms with Gasteiger partial charge in [-0.2, -0.15) is 0 Å². The predicted octanol–water partition coefficient (Wildman–Crippen LogP) is 5.05. The van der Waals surface area contributed by atoms with Gasteiger partial charge < -0.3 is 5.32 Å². The predicted molar refractivity (Wildman–Crippen MR) is 83.3 cm³/mol. The highest BCUT2D eigenvalue weighted by molar-refractivity contribution is 9.11. The Morgan fingerprint density at radius 3 is 2.74 bits per heavy atom. The van der Waals surface area contributed by atoms with Crippen molar-refractivity contribution in [1.82, 2.24) is 5.32 Å². The summed E-state index contributed by atoms with van der Waals surface area (Å²) >= 11 is 5.11. The Kier molecular flexibility index (Phi) is 5.13. The van der Waals surface area contributed by atoms with Crippen LogP contribution < -0.4 is 5.32 Å². The van der Waals surface area contributed by atoms with Gasteiger partial charge >= 0.3 is 0 Å². The van der Waals surface area contributed by atoms with Gasteiger partial charge in [0.15, 0.2) is 0 Å². The average Bonchev–Trinajstić information content (AvgIpc) is 2.81. The molecule has 1 nitrogen and oxygen atoms in total. The molecule has 1 aromatic heterocycles. The number of nitrogens with one attached hydrogen (secondary N) is 1. The number of benzene rings is 1. The maximum atomic E-state index is 14.3. The van der Waals surface area contributed by atoms with Crippen LogP contribution in [-0.4, -0.2) is 6.54 Å². The summed E-state index contributed by atoms with van der Waals surface area (Å²) in [5.41, 5.74) is 1.42. The first-order chi connectivity index (χ1) is 9.13. The molecule has 0 bridgehead atoms. The molecule has 0 saturated heterocycles. The van der Waals surface area contributed by atoms with E-state index in [9.17, 15) is 4.39 Å². The van der Waals surface area contributed by atoms with E-state index >= 15 is 0 Å². The third-order valence-corrected chi connectivity index (χ3v) is 4.70. The summed E-state index contributed by atoms with van der Waals surface area (Å²) in [5, 5.41) is 3.43. The topological polar surface area (TPSA) is 12.0 Å². The third kappa shape index (κ3) is 3.44. The first-order valence-corrected chi connectivity index (χ1v) is 7.98. The molecule has 102 valence electrons. The number of hydrogen-bond donors (Lipinski definition) is 1. The fraction of sp³-hybridized carbons (Fsp3) is 0.333. The first kappa shape index (κ1) is 14.7. The Bertz CT molecular complexity index is 553. The summed E-state index contributed by atoms with van der Waals surface area (Å²) < 4.78 is 15.4. The molecule has 0 radical (unpaired) electrons. The van der Waals surface area contributed by atoms with E-state index < -0.39 is 0 Å². The van der Waals surface area contributed by atoms with Crippen LogP contribution in [0.15, 0.2) is 34.1 Å². The van der Waals surface area contributed by atoms with Gasteiger partial charge in [0, 0.05) is 10.4 Å². The van der Waals surface area contributed by atoms with Crippen LogP contribution >= 0.6 is 27.3 Å². The van der Waals surface area contributed by atoms with E-state index in [1.807, 2.05) is 24.3 Å². The van der Waals surface area contributed by atoms with Crippen molar-refractivity contribution in [1.29, 1.82) is 0 Å². The summed E-state index contributed by atoms with van der Waals surface area (Å²) in [5.74, 6) is -0.111. The highest BCUT2D eigenvalue weighted by Crippen LogP contribution is 2.33. The lowest BCUT2D eigenvalue weighted by Gasteiger charge is -2.19. The van der Waals surface area contributed by atoms with Crippen molar-refractivity contribution in [3.63, 3.8) is 0 Å². The second-order valence-electron chi connectivity index (χ2n) is 4.51. The van der Waals surface area contributed by atoms with E-state index in [-0.39, 0.29) is 11.9 Å². The molecular formula is C15H17BrFNS. The van der Waals surface area contributed by atoms with Gasteiger partial charge in [-0.05, 0) is 53.5 Å². The molecule has 0 aliphatic heterocycles. The molecule has 0 spiro atoms. The van der Waals surface area contributed by atoms with Gasteiger partial charge in [-0.3, -0.25) is 0 Å². The SMILES string of the molecule is CCCNC(c1ccc(Br)s1)c1cccc(C)c1F. The molecule has 0 saturated carbocycles. The maximum Gasteiger partial charge on any atom is 0.131 e. The van der Waals surface area contributed by atoms with Crippen molar-refractivity contribution in [2.75, 3.05) is 6.54 Å². The second-order valence-corrected chi connectivity index (χ2v) is 7.00. The van der Waals surface area contributed by atoms with Crippen molar-refractivity contribution in [3.05, 3.63) is 55.9 Å². The van der Waals surface area contributed by atoms with Crippen LogP contribution in [0.25, 0.3) is 0 Å². The number of thiophene rings is 1. The largest absolute Gasteiger partial charge is 0.306 e. The monoisotopic (exact) mass is 341 g/mol. The molecule has 0 amide bonds. The van der Waals surface area contributed by atoms with E-state index in [1.165, 1.54) is 0 Å². The lowest BCUT2D eigenvalue weighted by Crippen LogP contribution is -2.23. The zero-order valence-electron chi connectivity index (χ0n) is 11.0. The van der Waals surface area contributed by atoms with Gasteiger partial charge in [0.1, 0.15) is 5.82 Å². The summed E-state index contributed by atoms with van der Waals surface area (Å²) in [4.78, 5) is 1.13. The first-order valence-electron chi connectivity index (χ1n) is 6.37. The Balaban J connectivity index is 2.39. The summed E-state index contributed by atoms with van der Waals surface area (Å²) in [6.45, 7) is 4.79. The number of halogens is 2. The molecule has 1 atom stereocenters. The normalized spacial score (nSPS) is 12.6. The van der Waals surface area contributed by atoms with Gasteiger partial charge in [-0.25, -0.2) is 4.39 Å². The van der Waals surface area contributed by atoms with Crippen molar-refractivity contribution in [2.45, 2.75) is 26.3 Å². The smallest absolute Gasteiger partial charge is 0.131 e. The molecule has 4 heteroatoms. The van der Waals surface area contributed by atoms with Gasteiger partial charge in [0.25, 0.3) is 0 Å². The Labute approximate surface area is 126 Å². The van der Waals surface area contributed by atoms with E-state index in [0.29, 0.717) is 5.56 Å². The maximum absolute atomic E-state index is 14.3. The van der Waals surface area contributed by atoms with E-state index in [2.05, 4.69) is 28.2 Å². The zero-order valence-corrected chi connectivity index (χ0v) is 13.4. The quantitative estimate of drug-likeness (QED) is 0.802. The van der Waals surface area contributed by atoms with Crippen molar-refractivity contribution < 1.29 is 4.39 Å². The minimum Gasteiger partial charge on any atom is -0.306 e. The van der Waals surface area contributed by atoms with E-state index in [1.54, 1.807) is 24.3 Å². The lowest BCUT2D eigenvalue weighted by atomic mass is 10.0. The van der Waals surface area contributed by atoms with E-state index in [4.69, 9.17) is 0 Å². The zero-order chi connectivity index (χ0) is 13.8. The van der Waals surface area contributed by atoms with E-state index in [0.717, 1.165) is 27.2 Å². The van der Waals surface area contributed by atoms with Crippen LogP contribution in [0.4, 0.5) is 4.39 Å². The molecule has 0 fully saturated rings. The molecule has 1 aromatic carbocycles. The molecular weight excluding hydrogens is 325 g/mol. The third-order valence-electron chi connectivity index (χ3n) is 3.01. The molecule has 1 heterocycles. The Morgan fingerprint density at radius 1 is 1.32 bits per heavy atom. The highest BCUT2D eigenvalue weighted by Gasteiger charge is 2.19. The van der Waals surface area contributed by atoms with Crippen LogP contribution in [0.2, 0.25) is 0 Å². The van der Waals surface area contributed by atoms with Gasteiger partial charge in [0.2, 0.25) is 0 Å². The average molecular weight is 342 g/mol. The molecule has 2 aromatic rings. The molecule has 2 rings (SSSR count). The van der Waals surface area contributed by atoms with Crippen molar-refractivity contribution in [2.24, 2.45) is 0 Å². The fourth-order valence-electron chi connectivity index (χ4n) is 2.03. The highest BCUT2D eigenvalue weighted by atomic mass is 79.9. The summed E-state index contributed by atoms with van der Waals surface area (Å²) in [6.07, 6.45) is 1.02. The fourth-order valence-corrected chi connectivity index (χ4v) is 3.55. The molecule has 0 aliphatic carbocycles. The van der Waals surface area contributed by atoms with Crippen LogP contribution in [0, 0.1) is 12.7 Å². The van der Waals surface area contributed by atoms with Crippen LogP contribution in [0.3, 0.4) is 0 Å². The van der Waals surface area contributed by atoms with Gasteiger partial charge in [-0.1, -0.05) is 25.1 Å². The molecule has 0 aliphatic rings. The minimum absolute atomic E-state index is 0.0730. The molecule has 1 N–H and O–H groups in total. The number of hydrogen-bond acceptors (Lipinski definition) is 2. The van der Waals surface area contributed by atoms with Crippen LogP contribution in [-0.2, 0) is 0 Å². The molecule has 1 unspecified atom stereocenters. The number of aryl methyl sites for hydroxylation is 1. The van der Waals surface area contributed by atoms with Crippen LogP contribution in [0.5, 0.6) is 0 Å². The Morgan fingerprint density at radius 2 is 2.11 bits per heavy atom. The minimum atomic E-state index is -0.111. The summed E-state index contributed by atoms with van der Waals surface area (Å²) in [6, 6.07) is 9.56. The summed E-state index contributed by atoms with van der Waals surface area (Å²) in [7, 11) is 0. The lowest BCUT2D eigenvalue weighted by molar-refractivity contribution is 0.546. The second kappa shape index (κ2) is 6.64. The Hall–Kier alpha value is -0.710. The van der Waals surface area contributed by atoms with Crippen LogP contribution in [0.1, 0.15) is 35.4 Å².